The van der Waals surface area contributed by atoms with Crippen LogP contribution < -0.4 is 10.6 Å². The van der Waals surface area contributed by atoms with E-state index in [1.165, 1.54) is 11.3 Å². The van der Waals surface area contributed by atoms with Gasteiger partial charge in [0.05, 0.1) is 11.2 Å². The van der Waals surface area contributed by atoms with Gasteiger partial charge in [-0.25, -0.2) is 4.98 Å². The quantitative estimate of drug-likeness (QED) is 0.838. The van der Waals surface area contributed by atoms with Crippen LogP contribution in [0.3, 0.4) is 0 Å². The molecule has 1 atom stereocenters. The molecule has 0 bridgehead atoms. The second kappa shape index (κ2) is 9.06. The molecule has 1 aliphatic heterocycles. The fourth-order valence-corrected chi connectivity index (χ4v) is 3.47. The number of hydrogen-bond donors (Lipinski definition) is 2. The number of nitrogens with one attached hydrogen (secondary N) is 2. The predicted molar refractivity (Wildman–Crippen MR) is 97.5 cm³/mol. The third-order valence-electron chi connectivity index (χ3n) is 3.96. The van der Waals surface area contributed by atoms with E-state index >= 15 is 0 Å². The molecule has 2 N–H and O–H groups in total. The lowest BCUT2D eigenvalue weighted by Crippen LogP contribution is -2.41. The van der Waals surface area contributed by atoms with E-state index in [9.17, 15) is 4.79 Å². The Morgan fingerprint density at radius 3 is 2.59 bits per heavy atom. The molecule has 7 heteroatoms. The third-order valence-corrected chi connectivity index (χ3v) is 5.35. The lowest BCUT2D eigenvalue weighted by molar-refractivity contribution is -0.123. The molecule has 0 aromatic carbocycles. The Labute approximate surface area is 149 Å². The molecule has 4 nitrogen and oxygen atoms in total. The van der Waals surface area contributed by atoms with Crippen molar-refractivity contribution in [2.45, 2.75) is 52.5 Å². The molecule has 0 spiro atoms. The van der Waals surface area contributed by atoms with Crippen LogP contribution in [0.5, 0.6) is 0 Å². The molecule has 2 heterocycles. The van der Waals surface area contributed by atoms with Crippen molar-refractivity contribution in [1.82, 2.24) is 15.6 Å². The van der Waals surface area contributed by atoms with E-state index in [1.54, 1.807) is 11.3 Å². The summed E-state index contributed by atoms with van der Waals surface area (Å²) in [6.45, 7) is 10.3. The summed E-state index contributed by atoms with van der Waals surface area (Å²) in [5.74, 6) is 0.792. The second-order valence-electron chi connectivity index (χ2n) is 6.23. The van der Waals surface area contributed by atoms with Crippen LogP contribution in [-0.4, -0.2) is 24.0 Å². The fraction of sp³-hybridized carbons (Fsp3) is 0.733. The SMILES string of the molecule is Cc1nc(C(C)(C)NC(=O)CCC2CCNC2)sc1C.Cl.Cl. The van der Waals surface area contributed by atoms with Gasteiger partial charge in [-0.3, -0.25) is 4.79 Å². The van der Waals surface area contributed by atoms with Gasteiger partial charge >= 0.3 is 0 Å². The molecule has 1 amide bonds. The Morgan fingerprint density at radius 1 is 1.41 bits per heavy atom. The van der Waals surface area contributed by atoms with Gasteiger partial charge < -0.3 is 10.6 Å². The number of amides is 1. The summed E-state index contributed by atoms with van der Waals surface area (Å²) >= 11 is 1.67. The maximum atomic E-state index is 12.1. The van der Waals surface area contributed by atoms with Crippen molar-refractivity contribution >= 4 is 42.1 Å². The van der Waals surface area contributed by atoms with Gasteiger partial charge in [-0.2, -0.15) is 0 Å². The van der Waals surface area contributed by atoms with E-state index in [-0.39, 0.29) is 36.3 Å². The average molecular weight is 368 g/mol. The maximum Gasteiger partial charge on any atom is 0.220 e. The minimum atomic E-state index is -0.380. The van der Waals surface area contributed by atoms with Gasteiger partial charge in [0.2, 0.25) is 5.91 Å². The van der Waals surface area contributed by atoms with Crippen LogP contribution in [0.1, 0.15) is 48.7 Å². The lowest BCUT2D eigenvalue weighted by Gasteiger charge is -2.24. The first-order chi connectivity index (χ1) is 9.38. The average Bonchev–Trinajstić information content (AvgIpc) is 2.97. The highest BCUT2D eigenvalue weighted by Gasteiger charge is 2.27. The third kappa shape index (κ3) is 5.69. The zero-order chi connectivity index (χ0) is 14.8. The maximum absolute atomic E-state index is 12.1. The Hall–Kier alpha value is -0.360. The molecule has 0 saturated carbocycles. The molecule has 2 rings (SSSR count). The molecule has 128 valence electrons. The van der Waals surface area contributed by atoms with Crippen molar-refractivity contribution < 1.29 is 4.79 Å². The Morgan fingerprint density at radius 2 is 2.09 bits per heavy atom. The van der Waals surface area contributed by atoms with Crippen LogP contribution in [0.15, 0.2) is 0 Å². The van der Waals surface area contributed by atoms with Crippen LogP contribution >= 0.6 is 36.2 Å². The minimum absolute atomic E-state index is 0. The van der Waals surface area contributed by atoms with Crippen LogP contribution in [-0.2, 0) is 10.3 Å². The lowest BCUT2D eigenvalue weighted by atomic mass is 10.0. The summed E-state index contributed by atoms with van der Waals surface area (Å²) < 4.78 is 0. The monoisotopic (exact) mass is 367 g/mol. The summed E-state index contributed by atoms with van der Waals surface area (Å²) in [6.07, 6.45) is 2.78. The van der Waals surface area contributed by atoms with E-state index in [1.807, 2.05) is 20.8 Å². The number of halogens is 2. The van der Waals surface area contributed by atoms with Crippen molar-refractivity contribution in [3.8, 4) is 0 Å². The van der Waals surface area contributed by atoms with Gasteiger partial charge in [0, 0.05) is 11.3 Å². The van der Waals surface area contributed by atoms with Gasteiger partial charge in [0.15, 0.2) is 0 Å². The van der Waals surface area contributed by atoms with Crippen LogP contribution in [0, 0.1) is 19.8 Å². The number of aromatic nitrogens is 1. The molecule has 22 heavy (non-hydrogen) atoms. The first-order valence-electron chi connectivity index (χ1n) is 7.34. The Kier molecular flexibility index (Phi) is 8.91. The van der Waals surface area contributed by atoms with Crippen molar-refractivity contribution in [1.29, 1.82) is 0 Å². The van der Waals surface area contributed by atoms with E-state index in [0.717, 1.165) is 30.2 Å². The largest absolute Gasteiger partial charge is 0.345 e. The van der Waals surface area contributed by atoms with Gasteiger partial charge in [0.1, 0.15) is 5.01 Å². The van der Waals surface area contributed by atoms with E-state index < -0.39 is 0 Å². The summed E-state index contributed by atoms with van der Waals surface area (Å²) in [4.78, 5) is 17.9. The Balaban J connectivity index is 0.00000220. The second-order valence-corrected chi connectivity index (χ2v) is 7.43. The van der Waals surface area contributed by atoms with E-state index in [2.05, 4.69) is 22.5 Å². The van der Waals surface area contributed by atoms with Crippen molar-refractivity contribution in [2.75, 3.05) is 13.1 Å². The first-order valence-corrected chi connectivity index (χ1v) is 8.16. The molecule has 1 aromatic heterocycles. The molecule has 1 saturated heterocycles. The van der Waals surface area contributed by atoms with Crippen molar-refractivity contribution in [2.24, 2.45) is 5.92 Å². The summed E-state index contributed by atoms with van der Waals surface area (Å²) in [5.41, 5.74) is 0.679. The number of hydrogen-bond acceptors (Lipinski definition) is 4. The molecule has 0 radical (unpaired) electrons. The van der Waals surface area contributed by atoms with Crippen LogP contribution in [0.2, 0.25) is 0 Å². The normalized spacial score (nSPS) is 17.5. The Bertz CT molecular complexity index is 466. The molecule has 1 aromatic rings. The van der Waals surface area contributed by atoms with Crippen molar-refractivity contribution in [3.63, 3.8) is 0 Å². The zero-order valence-electron chi connectivity index (χ0n) is 13.7. The number of thiazole rings is 1. The number of nitrogens with zero attached hydrogens (tertiary/aromatic N) is 1. The standard InChI is InChI=1S/C15H25N3OS.2ClH/c1-10-11(2)20-14(17-10)15(3,4)18-13(19)6-5-12-7-8-16-9-12;;/h12,16H,5-9H2,1-4H3,(H,18,19);2*1H. The fourth-order valence-electron chi connectivity index (χ4n) is 2.50. The first kappa shape index (κ1) is 21.6. The number of rotatable bonds is 5. The number of carbonyl (C=O) groups is 1. The van der Waals surface area contributed by atoms with Gasteiger partial charge in [0.25, 0.3) is 0 Å². The topological polar surface area (TPSA) is 54.0 Å². The highest BCUT2D eigenvalue weighted by atomic mass is 35.5. The number of aryl methyl sites for hydroxylation is 2. The van der Waals surface area contributed by atoms with Crippen LogP contribution in [0.4, 0.5) is 0 Å². The van der Waals surface area contributed by atoms with Gasteiger partial charge in [-0.1, -0.05) is 0 Å². The molecule has 1 aliphatic rings. The van der Waals surface area contributed by atoms with Crippen molar-refractivity contribution in [3.05, 3.63) is 15.6 Å². The zero-order valence-corrected chi connectivity index (χ0v) is 16.1. The molecular weight excluding hydrogens is 341 g/mol. The van der Waals surface area contributed by atoms with E-state index in [4.69, 9.17) is 0 Å². The molecule has 0 aliphatic carbocycles. The highest BCUT2D eigenvalue weighted by Crippen LogP contribution is 2.27. The molecular formula is C15H27Cl2N3OS. The minimum Gasteiger partial charge on any atom is -0.345 e. The summed E-state index contributed by atoms with van der Waals surface area (Å²) in [6, 6.07) is 0. The highest BCUT2D eigenvalue weighted by molar-refractivity contribution is 7.11. The summed E-state index contributed by atoms with van der Waals surface area (Å²) in [7, 11) is 0. The van der Waals surface area contributed by atoms with E-state index in [0.29, 0.717) is 12.3 Å². The predicted octanol–water partition coefficient (Wildman–Crippen LogP) is 3.34. The van der Waals surface area contributed by atoms with Crippen LogP contribution in [0.25, 0.3) is 0 Å². The van der Waals surface area contributed by atoms with Gasteiger partial charge in [-0.05, 0) is 59.5 Å². The smallest absolute Gasteiger partial charge is 0.220 e. The number of carbonyl (C=O) groups excluding carboxylic acids is 1. The summed E-state index contributed by atoms with van der Waals surface area (Å²) in [5, 5.41) is 7.45. The molecule has 1 unspecified atom stereocenters. The molecule has 1 fully saturated rings. The van der Waals surface area contributed by atoms with Gasteiger partial charge in [-0.15, -0.1) is 36.2 Å².